The Morgan fingerprint density at radius 1 is 1.00 bits per heavy atom. The van der Waals surface area contributed by atoms with Gasteiger partial charge in [0.25, 0.3) is 0 Å². The van der Waals surface area contributed by atoms with Gasteiger partial charge in [0, 0.05) is 18.8 Å². The third kappa shape index (κ3) is 4.32. The monoisotopic (exact) mass is 209 g/mol. The average molecular weight is 209 g/mol. The Bertz CT molecular complexity index is 262. The van der Waals surface area contributed by atoms with Crippen molar-refractivity contribution in [3.05, 3.63) is 30.3 Å². The van der Waals surface area contributed by atoms with Gasteiger partial charge in [-0.3, -0.25) is 0 Å². The molecule has 1 rings (SSSR count). The first kappa shape index (κ1) is 12.0. The Kier molecular flexibility index (Phi) is 4.59. The van der Waals surface area contributed by atoms with E-state index in [0.29, 0.717) is 13.1 Å². The molecule has 0 amide bonds. The van der Waals surface area contributed by atoms with Gasteiger partial charge >= 0.3 is 0 Å². The minimum atomic E-state index is -0.399. The van der Waals surface area contributed by atoms with Gasteiger partial charge in [-0.15, -0.1) is 0 Å². The molecule has 3 nitrogen and oxygen atoms in total. The molecule has 0 heterocycles. The predicted molar refractivity (Wildman–Crippen MR) is 62.0 cm³/mol. The van der Waals surface area contributed by atoms with Crippen molar-refractivity contribution in [2.75, 3.05) is 18.0 Å². The standard InChI is InChI=1S/C12H19NO2/c1-10(14)8-13(9-11(2)15)12-6-4-3-5-7-12/h3-7,10-11,14-15H,8-9H2,1-2H3/t10-,11-/m0/s1. The maximum atomic E-state index is 9.37. The molecule has 2 N–H and O–H groups in total. The first-order chi connectivity index (χ1) is 7.09. The van der Waals surface area contributed by atoms with Crippen LogP contribution in [0, 0.1) is 0 Å². The van der Waals surface area contributed by atoms with Crippen LogP contribution in [0.4, 0.5) is 5.69 Å². The number of benzene rings is 1. The molecular formula is C12H19NO2. The zero-order chi connectivity index (χ0) is 11.3. The lowest BCUT2D eigenvalue weighted by Gasteiger charge is -2.27. The second-order valence-corrected chi connectivity index (χ2v) is 3.94. The van der Waals surface area contributed by atoms with Crippen LogP contribution < -0.4 is 4.90 Å². The van der Waals surface area contributed by atoms with Crippen LogP contribution in [0.25, 0.3) is 0 Å². The Labute approximate surface area is 91.0 Å². The van der Waals surface area contributed by atoms with E-state index < -0.39 is 12.2 Å². The first-order valence-corrected chi connectivity index (χ1v) is 5.25. The van der Waals surface area contributed by atoms with Crippen molar-refractivity contribution >= 4 is 5.69 Å². The van der Waals surface area contributed by atoms with E-state index in [0.717, 1.165) is 5.69 Å². The lowest BCUT2D eigenvalue weighted by Crippen LogP contribution is -2.36. The molecule has 0 bridgehead atoms. The Balaban J connectivity index is 2.72. The highest BCUT2D eigenvalue weighted by Gasteiger charge is 2.11. The maximum absolute atomic E-state index is 9.37. The number of rotatable bonds is 5. The fourth-order valence-electron chi connectivity index (χ4n) is 1.56. The minimum absolute atomic E-state index is 0.399. The van der Waals surface area contributed by atoms with Crippen molar-refractivity contribution < 1.29 is 10.2 Å². The van der Waals surface area contributed by atoms with Gasteiger partial charge in [0.05, 0.1) is 12.2 Å². The molecular weight excluding hydrogens is 190 g/mol. The highest BCUT2D eigenvalue weighted by atomic mass is 16.3. The summed E-state index contributed by atoms with van der Waals surface area (Å²) in [6.07, 6.45) is -0.798. The number of anilines is 1. The SMILES string of the molecule is C[C@H](O)CN(C[C@H](C)O)c1ccccc1. The quantitative estimate of drug-likeness (QED) is 0.767. The van der Waals surface area contributed by atoms with Crippen LogP contribution in [0.5, 0.6) is 0 Å². The zero-order valence-electron chi connectivity index (χ0n) is 9.30. The lowest BCUT2D eigenvalue weighted by atomic mass is 10.2. The number of aliphatic hydroxyl groups excluding tert-OH is 2. The predicted octanol–water partition coefficient (Wildman–Crippen LogP) is 1.25. The molecule has 1 aromatic rings. The smallest absolute Gasteiger partial charge is 0.0687 e. The van der Waals surface area contributed by atoms with Gasteiger partial charge in [-0.05, 0) is 26.0 Å². The molecule has 0 spiro atoms. The van der Waals surface area contributed by atoms with Crippen molar-refractivity contribution in [2.24, 2.45) is 0 Å². The normalized spacial score (nSPS) is 14.7. The van der Waals surface area contributed by atoms with E-state index in [1.807, 2.05) is 35.2 Å². The molecule has 0 unspecified atom stereocenters. The molecule has 0 saturated carbocycles. The van der Waals surface area contributed by atoms with Crippen LogP contribution >= 0.6 is 0 Å². The molecule has 0 aromatic heterocycles. The van der Waals surface area contributed by atoms with Gasteiger partial charge in [0.2, 0.25) is 0 Å². The fraction of sp³-hybridized carbons (Fsp3) is 0.500. The summed E-state index contributed by atoms with van der Waals surface area (Å²) in [7, 11) is 0. The molecule has 0 aliphatic carbocycles. The van der Waals surface area contributed by atoms with Crippen LogP contribution in [0.2, 0.25) is 0 Å². The molecule has 3 heteroatoms. The van der Waals surface area contributed by atoms with E-state index in [4.69, 9.17) is 0 Å². The summed E-state index contributed by atoms with van der Waals surface area (Å²) in [4.78, 5) is 1.98. The van der Waals surface area contributed by atoms with E-state index in [1.54, 1.807) is 13.8 Å². The Morgan fingerprint density at radius 3 is 1.87 bits per heavy atom. The summed E-state index contributed by atoms with van der Waals surface area (Å²) >= 11 is 0. The average Bonchev–Trinajstić information content (AvgIpc) is 2.17. The van der Waals surface area contributed by atoms with Crippen LogP contribution in [-0.2, 0) is 0 Å². The number of hydrogen-bond donors (Lipinski definition) is 2. The maximum Gasteiger partial charge on any atom is 0.0687 e. The third-order valence-electron chi connectivity index (χ3n) is 2.09. The number of para-hydroxylation sites is 1. The highest BCUT2D eigenvalue weighted by Crippen LogP contribution is 2.13. The highest BCUT2D eigenvalue weighted by molar-refractivity contribution is 5.46. The van der Waals surface area contributed by atoms with Gasteiger partial charge < -0.3 is 15.1 Å². The second kappa shape index (κ2) is 5.73. The Hall–Kier alpha value is -1.06. The van der Waals surface area contributed by atoms with Gasteiger partial charge in [-0.1, -0.05) is 18.2 Å². The number of hydrogen-bond acceptors (Lipinski definition) is 3. The molecule has 2 atom stereocenters. The zero-order valence-corrected chi connectivity index (χ0v) is 9.30. The van der Waals surface area contributed by atoms with E-state index in [2.05, 4.69) is 0 Å². The van der Waals surface area contributed by atoms with E-state index in [9.17, 15) is 10.2 Å². The van der Waals surface area contributed by atoms with Crippen molar-refractivity contribution in [1.29, 1.82) is 0 Å². The third-order valence-corrected chi connectivity index (χ3v) is 2.09. The Morgan fingerprint density at radius 2 is 1.47 bits per heavy atom. The largest absolute Gasteiger partial charge is 0.392 e. The van der Waals surface area contributed by atoms with E-state index in [-0.39, 0.29) is 0 Å². The number of aliphatic hydroxyl groups is 2. The van der Waals surface area contributed by atoms with Crippen LogP contribution in [-0.4, -0.2) is 35.5 Å². The van der Waals surface area contributed by atoms with Crippen LogP contribution in [0.3, 0.4) is 0 Å². The molecule has 0 aliphatic rings. The summed E-state index contributed by atoms with van der Waals surface area (Å²) in [5.74, 6) is 0. The topological polar surface area (TPSA) is 43.7 Å². The summed E-state index contributed by atoms with van der Waals surface area (Å²) in [6, 6.07) is 9.81. The van der Waals surface area contributed by atoms with Gasteiger partial charge in [0.15, 0.2) is 0 Å². The summed E-state index contributed by atoms with van der Waals surface area (Å²) in [5.41, 5.74) is 1.03. The number of nitrogens with zero attached hydrogens (tertiary/aromatic N) is 1. The molecule has 0 saturated heterocycles. The molecule has 0 fully saturated rings. The van der Waals surface area contributed by atoms with Crippen molar-refractivity contribution in [3.8, 4) is 0 Å². The van der Waals surface area contributed by atoms with E-state index >= 15 is 0 Å². The minimum Gasteiger partial charge on any atom is -0.392 e. The summed E-state index contributed by atoms with van der Waals surface area (Å²) in [6.45, 7) is 4.57. The van der Waals surface area contributed by atoms with Crippen molar-refractivity contribution in [1.82, 2.24) is 0 Å². The van der Waals surface area contributed by atoms with Gasteiger partial charge in [-0.25, -0.2) is 0 Å². The van der Waals surface area contributed by atoms with Crippen LogP contribution in [0.15, 0.2) is 30.3 Å². The lowest BCUT2D eigenvalue weighted by molar-refractivity contribution is 0.178. The molecule has 1 aromatic carbocycles. The molecule has 15 heavy (non-hydrogen) atoms. The summed E-state index contributed by atoms with van der Waals surface area (Å²) < 4.78 is 0. The van der Waals surface area contributed by atoms with Gasteiger partial charge in [-0.2, -0.15) is 0 Å². The van der Waals surface area contributed by atoms with E-state index in [1.165, 1.54) is 0 Å². The molecule has 84 valence electrons. The fourth-order valence-corrected chi connectivity index (χ4v) is 1.56. The van der Waals surface area contributed by atoms with Crippen LogP contribution in [0.1, 0.15) is 13.8 Å². The molecule has 0 aliphatic heterocycles. The van der Waals surface area contributed by atoms with Gasteiger partial charge in [0.1, 0.15) is 0 Å². The second-order valence-electron chi connectivity index (χ2n) is 3.94. The van der Waals surface area contributed by atoms with Crippen molar-refractivity contribution in [2.45, 2.75) is 26.1 Å². The first-order valence-electron chi connectivity index (χ1n) is 5.25. The summed E-state index contributed by atoms with van der Waals surface area (Å²) in [5, 5.41) is 18.7. The van der Waals surface area contributed by atoms with Crippen molar-refractivity contribution in [3.63, 3.8) is 0 Å². The molecule has 0 radical (unpaired) electrons.